The molecule has 0 spiro atoms. The smallest absolute Gasteiger partial charge is 0.226 e. The molecule has 0 saturated carbocycles. The van der Waals surface area contributed by atoms with E-state index in [9.17, 15) is 9.90 Å². The van der Waals surface area contributed by atoms with Crippen molar-refractivity contribution in [1.82, 2.24) is 9.80 Å². The third-order valence-corrected chi connectivity index (χ3v) is 4.06. The van der Waals surface area contributed by atoms with Gasteiger partial charge < -0.3 is 14.9 Å². The summed E-state index contributed by atoms with van der Waals surface area (Å²) >= 11 is 0. The van der Waals surface area contributed by atoms with E-state index in [4.69, 9.17) is 0 Å². The fourth-order valence-corrected chi connectivity index (χ4v) is 3.04. The number of hydrogen-bond acceptors (Lipinski definition) is 3. The van der Waals surface area contributed by atoms with Crippen LogP contribution in [0.3, 0.4) is 0 Å². The molecule has 2 aliphatic heterocycles. The first-order valence-electron chi connectivity index (χ1n) is 6.79. The Bertz CT molecular complexity index is 270. The van der Waals surface area contributed by atoms with Crippen molar-refractivity contribution < 1.29 is 9.90 Å². The largest absolute Gasteiger partial charge is 0.396 e. The van der Waals surface area contributed by atoms with Gasteiger partial charge in [0.15, 0.2) is 0 Å². The number of piperidine rings is 2. The van der Waals surface area contributed by atoms with Crippen LogP contribution in [0.5, 0.6) is 0 Å². The Hall–Kier alpha value is -0.610. The van der Waals surface area contributed by atoms with Crippen LogP contribution in [0.25, 0.3) is 0 Å². The van der Waals surface area contributed by atoms with Crippen LogP contribution in [0.1, 0.15) is 25.7 Å². The lowest BCUT2D eigenvalue weighted by atomic mass is 9.93. The van der Waals surface area contributed by atoms with Gasteiger partial charge in [0.25, 0.3) is 0 Å². The van der Waals surface area contributed by atoms with Crippen LogP contribution in [0, 0.1) is 11.8 Å². The highest BCUT2D eigenvalue weighted by molar-refractivity contribution is 5.79. The molecule has 2 atom stereocenters. The van der Waals surface area contributed by atoms with Crippen molar-refractivity contribution in [1.29, 1.82) is 0 Å². The van der Waals surface area contributed by atoms with Crippen LogP contribution >= 0.6 is 0 Å². The Kier molecular flexibility index (Phi) is 4.40. The highest BCUT2D eigenvalue weighted by atomic mass is 16.3. The van der Waals surface area contributed by atoms with E-state index in [0.717, 1.165) is 51.9 Å². The van der Waals surface area contributed by atoms with Crippen molar-refractivity contribution in [2.75, 3.05) is 39.8 Å². The molecule has 0 aliphatic carbocycles. The Labute approximate surface area is 104 Å². The predicted molar refractivity (Wildman–Crippen MR) is 66.6 cm³/mol. The van der Waals surface area contributed by atoms with Gasteiger partial charge in [-0.25, -0.2) is 0 Å². The minimum absolute atomic E-state index is 0.186. The molecule has 0 aromatic heterocycles. The number of rotatable bonds is 2. The van der Waals surface area contributed by atoms with Crippen LogP contribution in [0.15, 0.2) is 0 Å². The van der Waals surface area contributed by atoms with Crippen LogP contribution < -0.4 is 0 Å². The van der Waals surface area contributed by atoms with Gasteiger partial charge in [0, 0.05) is 26.2 Å². The SMILES string of the molecule is CN1CCC[C@H](C(=O)N2CCC[C@H](CO)C2)C1. The topological polar surface area (TPSA) is 43.8 Å². The molecule has 4 heteroatoms. The second-order valence-corrected chi connectivity index (χ2v) is 5.58. The van der Waals surface area contributed by atoms with Gasteiger partial charge in [-0.3, -0.25) is 4.79 Å². The third kappa shape index (κ3) is 3.19. The second-order valence-electron chi connectivity index (χ2n) is 5.58. The van der Waals surface area contributed by atoms with Crippen LogP contribution in [-0.4, -0.2) is 60.6 Å². The van der Waals surface area contributed by atoms with Gasteiger partial charge in [0.2, 0.25) is 5.91 Å². The van der Waals surface area contributed by atoms with E-state index < -0.39 is 0 Å². The number of likely N-dealkylation sites (tertiary alicyclic amines) is 2. The first-order valence-corrected chi connectivity index (χ1v) is 6.79. The molecule has 0 radical (unpaired) electrons. The summed E-state index contributed by atoms with van der Waals surface area (Å²) in [5.41, 5.74) is 0. The maximum absolute atomic E-state index is 12.4. The van der Waals surface area contributed by atoms with Gasteiger partial charge in [0.05, 0.1) is 5.92 Å². The number of carbonyl (C=O) groups excluding carboxylic acids is 1. The van der Waals surface area contributed by atoms with Crippen molar-refractivity contribution in [3.05, 3.63) is 0 Å². The van der Waals surface area contributed by atoms with E-state index >= 15 is 0 Å². The molecule has 98 valence electrons. The molecule has 1 N–H and O–H groups in total. The van der Waals surface area contributed by atoms with E-state index in [-0.39, 0.29) is 12.5 Å². The van der Waals surface area contributed by atoms with Crippen LogP contribution in [-0.2, 0) is 4.79 Å². The quantitative estimate of drug-likeness (QED) is 0.767. The number of carbonyl (C=O) groups is 1. The molecule has 0 bridgehead atoms. The molecule has 2 aliphatic rings. The average Bonchev–Trinajstić information content (AvgIpc) is 2.38. The Morgan fingerprint density at radius 2 is 2.00 bits per heavy atom. The molecular formula is C13H24N2O2. The fraction of sp³-hybridized carbons (Fsp3) is 0.923. The minimum atomic E-state index is 0.186. The molecule has 2 rings (SSSR count). The molecule has 0 aromatic rings. The summed E-state index contributed by atoms with van der Waals surface area (Å²) in [6.07, 6.45) is 4.26. The van der Waals surface area contributed by atoms with Crippen LogP contribution in [0.2, 0.25) is 0 Å². The number of aliphatic hydroxyl groups is 1. The summed E-state index contributed by atoms with van der Waals surface area (Å²) in [5, 5.41) is 9.20. The summed E-state index contributed by atoms with van der Waals surface area (Å²) in [6, 6.07) is 0. The van der Waals surface area contributed by atoms with Crippen LogP contribution in [0.4, 0.5) is 0 Å². The van der Waals surface area contributed by atoms with E-state index in [1.54, 1.807) is 0 Å². The molecule has 2 saturated heterocycles. The molecule has 17 heavy (non-hydrogen) atoms. The maximum atomic E-state index is 12.4. The first kappa shape index (κ1) is 12.8. The summed E-state index contributed by atoms with van der Waals surface area (Å²) in [4.78, 5) is 16.6. The molecule has 4 nitrogen and oxygen atoms in total. The van der Waals surface area contributed by atoms with Gasteiger partial charge in [0.1, 0.15) is 0 Å². The zero-order valence-electron chi connectivity index (χ0n) is 10.8. The summed E-state index contributed by atoms with van der Waals surface area (Å²) in [5.74, 6) is 0.801. The standard InChI is InChI=1S/C13H24N2O2/c1-14-6-3-5-12(9-14)13(17)15-7-2-4-11(8-15)10-16/h11-12,16H,2-10H2,1H3/t11-,12-/m0/s1. The minimum Gasteiger partial charge on any atom is -0.396 e. The van der Waals surface area contributed by atoms with E-state index in [1.165, 1.54) is 0 Å². The van der Waals surface area contributed by atoms with E-state index in [2.05, 4.69) is 11.9 Å². The lowest BCUT2D eigenvalue weighted by Gasteiger charge is -2.37. The van der Waals surface area contributed by atoms with Gasteiger partial charge in [-0.15, -0.1) is 0 Å². The number of nitrogens with zero attached hydrogens (tertiary/aromatic N) is 2. The zero-order chi connectivity index (χ0) is 12.3. The van der Waals surface area contributed by atoms with Gasteiger partial charge in [-0.05, 0) is 45.2 Å². The molecule has 0 aromatic carbocycles. The van der Waals surface area contributed by atoms with Gasteiger partial charge in [-0.1, -0.05) is 0 Å². The number of amides is 1. The lowest BCUT2D eigenvalue weighted by molar-refractivity contribution is -0.139. The first-order chi connectivity index (χ1) is 8.20. The highest BCUT2D eigenvalue weighted by Gasteiger charge is 2.30. The molecule has 2 fully saturated rings. The lowest BCUT2D eigenvalue weighted by Crippen LogP contribution is -2.47. The Morgan fingerprint density at radius 3 is 2.71 bits per heavy atom. The predicted octanol–water partition coefficient (Wildman–Crippen LogP) is 0.559. The fourth-order valence-electron chi connectivity index (χ4n) is 3.04. The van der Waals surface area contributed by atoms with Gasteiger partial charge in [-0.2, -0.15) is 0 Å². The third-order valence-electron chi connectivity index (χ3n) is 4.06. The normalized spacial score (nSPS) is 31.5. The molecule has 1 amide bonds. The highest BCUT2D eigenvalue weighted by Crippen LogP contribution is 2.22. The van der Waals surface area contributed by atoms with Crippen molar-refractivity contribution >= 4 is 5.91 Å². The van der Waals surface area contributed by atoms with Crippen molar-refractivity contribution in [3.8, 4) is 0 Å². The summed E-state index contributed by atoms with van der Waals surface area (Å²) in [6.45, 7) is 3.88. The number of hydrogen-bond donors (Lipinski definition) is 1. The summed E-state index contributed by atoms with van der Waals surface area (Å²) in [7, 11) is 2.09. The molecule has 2 heterocycles. The average molecular weight is 240 g/mol. The molecular weight excluding hydrogens is 216 g/mol. The maximum Gasteiger partial charge on any atom is 0.226 e. The Balaban J connectivity index is 1.89. The Morgan fingerprint density at radius 1 is 1.24 bits per heavy atom. The van der Waals surface area contributed by atoms with Crippen molar-refractivity contribution in [3.63, 3.8) is 0 Å². The summed E-state index contributed by atoms with van der Waals surface area (Å²) < 4.78 is 0. The zero-order valence-corrected chi connectivity index (χ0v) is 10.8. The second kappa shape index (κ2) is 5.83. The van der Waals surface area contributed by atoms with E-state index in [0.29, 0.717) is 11.8 Å². The van der Waals surface area contributed by atoms with E-state index in [1.807, 2.05) is 4.90 Å². The molecule has 0 unspecified atom stereocenters. The van der Waals surface area contributed by atoms with Crippen molar-refractivity contribution in [2.24, 2.45) is 11.8 Å². The van der Waals surface area contributed by atoms with Gasteiger partial charge >= 0.3 is 0 Å². The van der Waals surface area contributed by atoms with Crippen molar-refractivity contribution in [2.45, 2.75) is 25.7 Å². The monoisotopic (exact) mass is 240 g/mol. The number of aliphatic hydroxyl groups excluding tert-OH is 1.